The first-order chi connectivity index (χ1) is 16.9. The number of piperidine rings is 2. The van der Waals surface area contributed by atoms with Crippen LogP contribution in [0.25, 0.3) is 0 Å². The molecule has 0 aromatic heterocycles. The fourth-order valence-corrected chi connectivity index (χ4v) is 6.93. The summed E-state index contributed by atoms with van der Waals surface area (Å²) in [4.78, 5) is 43.5. The normalized spacial score (nSPS) is 29.4. The summed E-state index contributed by atoms with van der Waals surface area (Å²) in [6.07, 6.45) is 0.918. The highest BCUT2D eigenvalue weighted by Gasteiger charge is 2.72. The first kappa shape index (κ1) is 26.5. The quantitative estimate of drug-likeness (QED) is 0.565. The van der Waals surface area contributed by atoms with E-state index in [1.807, 2.05) is 51.1 Å². The van der Waals surface area contributed by atoms with Gasteiger partial charge < -0.3 is 15.2 Å². The van der Waals surface area contributed by atoms with Gasteiger partial charge in [0.2, 0.25) is 5.91 Å². The summed E-state index contributed by atoms with van der Waals surface area (Å²) in [5.74, 6) is -0.454. The standard InChI is InChI=1S/C28H41N3O5/c1-18(2)15-30-17-21-13-20-16-31(26(35)36-27(3,4)5)28(21,24(30)22(20)11-12-23(32)33)25(34)29-14-19-9-7-6-8-10-19/h6-10,18,20-22,24H,11-17H2,1-5H3,(H,29,34)(H,32,33)/t20-,21-,22+,24-,28-/m0/s1. The maximum atomic E-state index is 14.3. The maximum Gasteiger partial charge on any atom is 0.411 e. The van der Waals surface area contributed by atoms with Crippen LogP contribution in [-0.2, 0) is 20.9 Å². The Bertz CT molecular complexity index is 975. The third kappa shape index (κ3) is 4.97. The maximum absolute atomic E-state index is 14.3. The van der Waals surface area contributed by atoms with Crippen molar-refractivity contribution in [1.29, 1.82) is 0 Å². The molecule has 1 aliphatic carbocycles. The van der Waals surface area contributed by atoms with E-state index < -0.39 is 23.2 Å². The van der Waals surface area contributed by atoms with Gasteiger partial charge in [0, 0.05) is 44.6 Å². The molecule has 3 heterocycles. The van der Waals surface area contributed by atoms with Gasteiger partial charge in [0.1, 0.15) is 11.1 Å². The van der Waals surface area contributed by atoms with Crippen molar-refractivity contribution in [2.45, 2.75) is 77.6 Å². The van der Waals surface area contributed by atoms with Crippen LogP contribution in [-0.4, -0.2) is 69.7 Å². The summed E-state index contributed by atoms with van der Waals surface area (Å²) < 4.78 is 5.84. The van der Waals surface area contributed by atoms with Crippen LogP contribution in [0.1, 0.15) is 59.4 Å². The summed E-state index contributed by atoms with van der Waals surface area (Å²) in [6.45, 7) is 12.1. The van der Waals surface area contributed by atoms with E-state index in [0.717, 1.165) is 25.1 Å². The molecule has 3 saturated heterocycles. The average Bonchev–Trinajstić information content (AvgIpc) is 3.04. The minimum atomic E-state index is -1.08. The number of rotatable bonds is 8. The number of carboxylic acids is 1. The molecule has 0 radical (unpaired) electrons. The first-order valence-corrected chi connectivity index (χ1v) is 13.2. The Morgan fingerprint density at radius 2 is 1.86 bits per heavy atom. The summed E-state index contributed by atoms with van der Waals surface area (Å²) in [7, 11) is 0. The highest BCUT2D eigenvalue weighted by atomic mass is 16.6. The summed E-state index contributed by atoms with van der Waals surface area (Å²) >= 11 is 0. The molecule has 0 spiro atoms. The number of benzene rings is 1. The van der Waals surface area contributed by atoms with Gasteiger partial charge in [-0.15, -0.1) is 0 Å². The Labute approximate surface area is 214 Å². The highest BCUT2D eigenvalue weighted by molar-refractivity contribution is 5.93. The molecule has 3 aliphatic heterocycles. The topological polar surface area (TPSA) is 99.2 Å². The zero-order chi connectivity index (χ0) is 26.3. The van der Waals surface area contributed by atoms with E-state index in [1.165, 1.54) is 0 Å². The molecule has 36 heavy (non-hydrogen) atoms. The van der Waals surface area contributed by atoms with Gasteiger partial charge in [0.15, 0.2) is 0 Å². The molecular formula is C28H41N3O5. The highest BCUT2D eigenvalue weighted by Crippen LogP contribution is 2.58. The minimum absolute atomic E-state index is 0.0237. The van der Waals surface area contributed by atoms with Crippen molar-refractivity contribution in [3.8, 4) is 0 Å². The lowest BCUT2D eigenvalue weighted by Crippen LogP contribution is -2.78. The Balaban J connectivity index is 1.74. The molecule has 5 rings (SSSR count). The molecule has 198 valence electrons. The van der Waals surface area contributed by atoms with Crippen LogP contribution in [0.15, 0.2) is 30.3 Å². The molecule has 1 saturated carbocycles. The number of ether oxygens (including phenoxy) is 1. The number of aliphatic carboxylic acids is 1. The van der Waals surface area contributed by atoms with Crippen molar-refractivity contribution < 1.29 is 24.2 Å². The van der Waals surface area contributed by atoms with E-state index in [2.05, 4.69) is 24.1 Å². The van der Waals surface area contributed by atoms with Gasteiger partial charge in [-0.3, -0.25) is 19.4 Å². The van der Waals surface area contributed by atoms with E-state index >= 15 is 0 Å². The van der Waals surface area contributed by atoms with E-state index in [9.17, 15) is 19.5 Å². The van der Waals surface area contributed by atoms with Crippen LogP contribution in [0.5, 0.6) is 0 Å². The molecule has 4 aliphatic rings. The zero-order valence-electron chi connectivity index (χ0n) is 22.2. The number of nitrogens with one attached hydrogen (secondary N) is 1. The number of amides is 2. The van der Waals surface area contributed by atoms with Crippen LogP contribution < -0.4 is 5.32 Å². The van der Waals surface area contributed by atoms with E-state index in [0.29, 0.717) is 25.4 Å². The molecular weight excluding hydrogens is 458 g/mol. The zero-order valence-corrected chi connectivity index (χ0v) is 22.2. The third-order valence-corrected chi connectivity index (χ3v) is 7.95. The van der Waals surface area contributed by atoms with Crippen LogP contribution in [0, 0.1) is 23.7 Å². The fraction of sp³-hybridized carbons (Fsp3) is 0.679. The SMILES string of the molecule is CC(C)CN1C[C@@H]2C[C@H]3CN(C(=O)OC(C)(C)C)[C@]2(C(=O)NCc2ccccc2)[C@@H]1[C@@H]3CCC(=O)O. The number of fused-ring (bicyclic) bond motifs is 1. The van der Waals surface area contributed by atoms with Gasteiger partial charge >= 0.3 is 12.1 Å². The number of hydrogen-bond donors (Lipinski definition) is 2. The summed E-state index contributed by atoms with van der Waals surface area (Å²) in [5, 5.41) is 12.6. The fourth-order valence-electron chi connectivity index (χ4n) is 6.93. The Morgan fingerprint density at radius 3 is 2.47 bits per heavy atom. The molecule has 4 bridgehead atoms. The largest absolute Gasteiger partial charge is 0.481 e. The van der Waals surface area contributed by atoms with Crippen molar-refractivity contribution >= 4 is 18.0 Å². The summed E-state index contributed by atoms with van der Waals surface area (Å²) in [6, 6.07) is 9.52. The van der Waals surface area contributed by atoms with E-state index in [-0.39, 0.29) is 36.1 Å². The van der Waals surface area contributed by atoms with Crippen LogP contribution >= 0.6 is 0 Å². The Hall–Kier alpha value is -2.61. The van der Waals surface area contributed by atoms with Gasteiger partial charge in [-0.2, -0.15) is 0 Å². The second-order valence-corrected chi connectivity index (χ2v) is 12.2. The van der Waals surface area contributed by atoms with Gasteiger partial charge in [0.05, 0.1) is 0 Å². The second-order valence-electron chi connectivity index (χ2n) is 12.2. The van der Waals surface area contributed by atoms with Crippen molar-refractivity contribution in [3.05, 3.63) is 35.9 Å². The predicted molar refractivity (Wildman–Crippen MR) is 136 cm³/mol. The van der Waals surface area contributed by atoms with Crippen molar-refractivity contribution in [2.24, 2.45) is 23.7 Å². The molecule has 8 nitrogen and oxygen atoms in total. The molecule has 2 amide bonds. The van der Waals surface area contributed by atoms with Gasteiger partial charge in [-0.05, 0) is 56.9 Å². The molecule has 8 heteroatoms. The summed E-state index contributed by atoms with van der Waals surface area (Å²) in [5.41, 5.74) is -0.775. The molecule has 2 N–H and O–H groups in total. The minimum Gasteiger partial charge on any atom is -0.481 e. The lowest BCUT2D eigenvalue weighted by Gasteiger charge is -2.60. The monoisotopic (exact) mass is 499 g/mol. The van der Waals surface area contributed by atoms with Gasteiger partial charge in [-0.25, -0.2) is 4.79 Å². The Morgan fingerprint density at radius 1 is 1.17 bits per heavy atom. The molecule has 4 fully saturated rings. The third-order valence-electron chi connectivity index (χ3n) is 7.95. The molecule has 1 aromatic carbocycles. The lowest BCUT2D eigenvalue weighted by atomic mass is 9.57. The van der Waals surface area contributed by atoms with Crippen LogP contribution in [0.2, 0.25) is 0 Å². The van der Waals surface area contributed by atoms with Crippen LogP contribution in [0.3, 0.4) is 0 Å². The average molecular weight is 500 g/mol. The number of hydrogen-bond acceptors (Lipinski definition) is 5. The first-order valence-electron chi connectivity index (χ1n) is 13.2. The number of likely N-dealkylation sites (tertiary alicyclic amines) is 1. The lowest BCUT2D eigenvalue weighted by molar-refractivity contribution is -0.159. The van der Waals surface area contributed by atoms with Crippen LogP contribution in [0.4, 0.5) is 4.79 Å². The van der Waals surface area contributed by atoms with E-state index in [4.69, 9.17) is 4.74 Å². The van der Waals surface area contributed by atoms with Gasteiger partial charge in [-0.1, -0.05) is 44.2 Å². The number of carbonyl (C=O) groups excluding carboxylic acids is 2. The van der Waals surface area contributed by atoms with Gasteiger partial charge in [0.25, 0.3) is 0 Å². The van der Waals surface area contributed by atoms with Crippen molar-refractivity contribution in [3.63, 3.8) is 0 Å². The smallest absolute Gasteiger partial charge is 0.411 e. The molecule has 1 aromatic rings. The second kappa shape index (κ2) is 10.0. The Kier molecular flexibility index (Phi) is 7.37. The number of carboxylic acid groups (broad SMARTS) is 1. The number of nitrogens with zero attached hydrogens (tertiary/aromatic N) is 2. The molecule has 5 atom stereocenters. The predicted octanol–water partition coefficient (Wildman–Crippen LogP) is 3.75. The van der Waals surface area contributed by atoms with Crippen molar-refractivity contribution in [2.75, 3.05) is 19.6 Å². The van der Waals surface area contributed by atoms with E-state index in [1.54, 1.807) is 4.90 Å². The molecule has 0 unspecified atom stereocenters. The number of carbonyl (C=O) groups is 3. The van der Waals surface area contributed by atoms with Crippen molar-refractivity contribution in [1.82, 2.24) is 15.1 Å².